The van der Waals surface area contributed by atoms with Crippen LogP contribution in [0.1, 0.15) is 23.7 Å². The number of hydrogen-bond acceptors (Lipinski definition) is 4. The van der Waals surface area contributed by atoms with Gasteiger partial charge in [-0.1, -0.05) is 18.2 Å². The summed E-state index contributed by atoms with van der Waals surface area (Å²) in [6, 6.07) is 6.86. The molecule has 0 saturated carbocycles. The van der Waals surface area contributed by atoms with Gasteiger partial charge in [-0.25, -0.2) is 4.98 Å². The second-order valence-corrected chi connectivity index (χ2v) is 9.96. The summed E-state index contributed by atoms with van der Waals surface area (Å²) in [5.74, 6) is -0.0912. The van der Waals surface area contributed by atoms with E-state index in [-0.39, 0.29) is 11.9 Å². The quantitative estimate of drug-likeness (QED) is 0.363. The van der Waals surface area contributed by atoms with Gasteiger partial charge in [0.15, 0.2) is 0 Å². The van der Waals surface area contributed by atoms with Crippen molar-refractivity contribution in [3.8, 4) is 22.4 Å². The molecule has 4 heterocycles. The molecule has 0 fully saturated rings. The molecule has 1 aromatic carbocycles. The van der Waals surface area contributed by atoms with Crippen LogP contribution in [0.3, 0.4) is 0 Å². The average molecular weight is 523 g/mol. The number of aromatic amines is 1. The minimum Gasteiger partial charge on any atom is -0.346 e. The Bertz CT molecular complexity index is 1510. The summed E-state index contributed by atoms with van der Waals surface area (Å²) in [5.41, 5.74) is 4.63. The lowest BCUT2D eigenvalue weighted by Crippen LogP contribution is -2.44. The Balaban J connectivity index is 1.66. The van der Waals surface area contributed by atoms with Crippen molar-refractivity contribution in [2.75, 3.05) is 20.6 Å². The van der Waals surface area contributed by atoms with Crippen molar-refractivity contribution < 1.29 is 18.0 Å². The van der Waals surface area contributed by atoms with E-state index in [0.717, 1.165) is 39.9 Å². The third-order valence-electron chi connectivity index (χ3n) is 6.89. The van der Waals surface area contributed by atoms with Crippen LogP contribution in [0, 0.1) is 6.92 Å². The van der Waals surface area contributed by atoms with E-state index in [1.165, 1.54) is 12.1 Å². The molecule has 1 aliphatic rings. The molecule has 198 valence electrons. The van der Waals surface area contributed by atoms with Crippen LogP contribution in [0.15, 0.2) is 54.9 Å². The van der Waals surface area contributed by atoms with Gasteiger partial charge in [0.2, 0.25) is 5.91 Å². The summed E-state index contributed by atoms with van der Waals surface area (Å²) in [7, 11) is 3.87. The summed E-state index contributed by atoms with van der Waals surface area (Å²) >= 11 is 0. The van der Waals surface area contributed by atoms with Gasteiger partial charge in [-0.2, -0.15) is 18.3 Å². The minimum atomic E-state index is -4.43. The van der Waals surface area contributed by atoms with E-state index in [4.69, 9.17) is 5.10 Å². The largest absolute Gasteiger partial charge is 0.416 e. The predicted molar refractivity (Wildman–Crippen MR) is 140 cm³/mol. The Morgan fingerprint density at radius 3 is 2.63 bits per heavy atom. The number of rotatable bonds is 5. The first-order valence-electron chi connectivity index (χ1n) is 12.4. The number of alkyl halides is 3. The number of benzene rings is 1. The number of fused-ring (bicyclic) bond motifs is 2. The van der Waals surface area contributed by atoms with E-state index in [1.807, 2.05) is 60.8 Å². The number of nitrogens with zero attached hydrogens (tertiary/aromatic N) is 5. The summed E-state index contributed by atoms with van der Waals surface area (Å²) in [4.78, 5) is 24.6. The monoisotopic (exact) mass is 522 g/mol. The van der Waals surface area contributed by atoms with Crippen LogP contribution in [0.5, 0.6) is 0 Å². The molecule has 0 aliphatic carbocycles. The van der Waals surface area contributed by atoms with Crippen LogP contribution in [0.2, 0.25) is 0 Å². The zero-order valence-corrected chi connectivity index (χ0v) is 21.7. The van der Waals surface area contributed by atoms with Crippen molar-refractivity contribution >= 4 is 16.9 Å². The van der Waals surface area contributed by atoms with Gasteiger partial charge in [0.25, 0.3) is 0 Å². The molecular weight excluding hydrogens is 493 g/mol. The summed E-state index contributed by atoms with van der Waals surface area (Å²) in [6.07, 6.45) is 2.59. The lowest BCUT2D eigenvalue weighted by molar-refractivity contribution is -0.137. The molecule has 1 amide bonds. The normalized spacial score (nSPS) is 16.1. The van der Waals surface area contributed by atoms with Crippen molar-refractivity contribution in [2.24, 2.45) is 0 Å². The fourth-order valence-electron chi connectivity index (χ4n) is 4.96. The standard InChI is InChI=1S/C28H29F3N6O/c1-17-14-33-27-24(17)21(11-12-32-27)25-22-16-36(23(38)6-5-13-35(3)4)18(2)15-37(22)34-26(25)19-7-9-20(10-8-19)28(29,30)31/h5-12,14,18H,13,15-16H2,1-4H3,(H,32,33)/b6-5+/t18-/m1/s1. The Morgan fingerprint density at radius 1 is 1.21 bits per heavy atom. The number of H-pyrrole nitrogens is 1. The van der Waals surface area contributed by atoms with E-state index >= 15 is 0 Å². The molecule has 0 spiro atoms. The maximum Gasteiger partial charge on any atom is 0.416 e. The van der Waals surface area contributed by atoms with Gasteiger partial charge in [-0.05, 0) is 57.3 Å². The Morgan fingerprint density at radius 2 is 1.95 bits per heavy atom. The number of nitrogens with one attached hydrogen (secondary N) is 1. The van der Waals surface area contributed by atoms with E-state index in [0.29, 0.717) is 36.5 Å². The molecule has 1 N–H and O–H groups in total. The number of halogens is 3. The Hall–Kier alpha value is -3.92. The Labute approximate surface area is 218 Å². The van der Waals surface area contributed by atoms with Crippen molar-refractivity contribution in [1.29, 1.82) is 0 Å². The first kappa shape index (κ1) is 25.7. The second kappa shape index (κ2) is 9.75. The summed E-state index contributed by atoms with van der Waals surface area (Å²) in [6.45, 7) is 5.39. The molecule has 0 unspecified atom stereocenters. The van der Waals surface area contributed by atoms with E-state index in [1.54, 1.807) is 12.3 Å². The molecule has 1 aliphatic heterocycles. The number of hydrogen-bond donors (Lipinski definition) is 1. The molecule has 5 rings (SSSR count). The van der Waals surface area contributed by atoms with Gasteiger partial charge in [0, 0.05) is 47.6 Å². The van der Waals surface area contributed by atoms with Crippen molar-refractivity contribution in [3.05, 3.63) is 71.7 Å². The molecule has 1 atom stereocenters. The maximum absolute atomic E-state index is 13.3. The lowest BCUT2D eigenvalue weighted by Gasteiger charge is -2.33. The van der Waals surface area contributed by atoms with Crippen LogP contribution in [-0.2, 0) is 24.1 Å². The smallest absolute Gasteiger partial charge is 0.346 e. The van der Waals surface area contributed by atoms with Gasteiger partial charge in [0.1, 0.15) is 11.3 Å². The fraction of sp³-hybridized carbons (Fsp3) is 0.321. The highest BCUT2D eigenvalue weighted by Crippen LogP contribution is 2.41. The second-order valence-electron chi connectivity index (χ2n) is 9.96. The molecular formula is C28H29F3N6O. The number of carbonyl (C=O) groups excluding carboxylic acids is 1. The number of aryl methyl sites for hydroxylation is 1. The van der Waals surface area contributed by atoms with Crippen LogP contribution in [0.4, 0.5) is 13.2 Å². The highest BCUT2D eigenvalue weighted by Gasteiger charge is 2.33. The van der Waals surface area contributed by atoms with Crippen LogP contribution >= 0.6 is 0 Å². The van der Waals surface area contributed by atoms with E-state index in [9.17, 15) is 18.0 Å². The predicted octanol–water partition coefficient (Wildman–Crippen LogP) is 5.27. The zero-order chi connectivity index (χ0) is 27.2. The third-order valence-corrected chi connectivity index (χ3v) is 6.89. The molecule has 0 bridgehead atoms. The van der Waals surface area contributed by atoms with Crippen molar-refractivity contribution in [3.63, 3.8) is 0 Å². The zero-order valence-electron chi connectivity index (χ0n) is 21.7. The third kappa shape index (κ3) is 4.71. The summed E-state index contributed by atoms with van der Waals surface area (Å²) < 4.78 is 41.6. The van der Waals surface area contributed by atoms with E-state index < -0.39 is 11.7 Å². The van der Waals surface area contributed by atoms with Crippen LogP contribution in [0.25, 0.3) is 33.4 Å². The van der Waals surface area contributed by atoms with Crippen molar-refractivity contribution in [2.45, 2.75) is 39.2 Å². The van der Waals surface area contributed by atoms with Gasteiger partial charge in [-0.3, -0.25) is 9.48 Å². The van der Waals surface area contributed by atoms with Gasteiger partial charge in [-0.15, -0.1) is 0 Å². The number of aromatic nitrogens is 4. The highest BCUT2D eigenvalue weighted by atomic mass is 19.4. The first-order valence-corrected chi connectivity index (χ1v) is 12.4. The maximum atomic E-state index is 13.3. The SMILES string of the molecule is Cc1c[nH]c2nccc(-c3c(-c4ccc(C(F)(F)F)cc4)nn4c3CN(C(=O)/C=C/CN(C)C)[C@H](C)C4)c12. The molecule has 7 nitrogen and oxygen atoms in total. The number of amides is 1. The van der Waals surface area contributed by atoms with Gasteiger partial charge >= 0.3 is 6.18 Å². The number of likely N-dealkylation sites (N-methyl/N-ethyl adjacent to an activating group) is 1. The fourth-order valence-corrected chi connectivity index (χ4v) is 4.96. The molecule has 0 radical (unpaired) electrons. The first-order chi connectivity index (χ1) is 18.0. The molecule has 38 heavy (non-hydrogen) atoms. The molecule has 0 saturated heterocycles. The molecule has 4 aromatic rings. The minimum absolute atomic E-state index is 0.0912. The number of pyridine rings is 1. The van der Waals surface area contributed by atoms with Gasteiger partial charge < -0.3 is 14.8 Å². The molecule has 10 heteroatoms. The lowest BCUT2D eigenvalue weighted by atomic mass is 9.95. The highest BCUT2D eigenvalue weighted by molar-refractivity contribution is 6.00. The average Bonchev–Trinajstić information content (AvgIpc) is 3.43. The van der Waals surface area contributed by atoms with E-state index in [2.05, 4.69) is 9.97 Å². The number of carbonyl (C=O) groups is 1. The Kier molecular flexibility index (Phi) is 6.60. The van der Waals surface area contributed by atoms with Crippen LogP contribution in [-0.4, -0.2) is 62.1 Å². The molecule has 3 aromatic heterocycles. The van der Waals surface area contributed by atoms with Gasteiger partial charge in [0.05, 0.1) is 24.3 Å². The van der Waals surface area contributed by atoms with Crippen LogP contribution < -0.4 is 0 Å². The van der Waals surface area contributed by atoms with Crippen molar-refractivity contribution in [1.82, 2.24) is 29.5 Å². The topological polar surface area (TPSA) is 70.0 Å². The summed E-state index contributed by atoms with van der Waals surface area (Å²) in [5, 5.41) is 5.80.